The van der Waals surface area contributed by atoms with Gasteiger partial charge in [0, 0.05) is 38.0 Å². The molecule has 0 aromatic carbocycles. The third-order valence-corrected chi connectivity index (χ3v) is 5.33. The average molecular weight is 572 g/mol. The number of hydrogen-bond donors (Lipinski definition) is 1. The highest BCUT2D eigenvalue weighted by Crippen LogP contribution is 2.08. The van der Waals surface area contributed by atoms with E-state index >= 15 is 0 Å². The van der Waals surface area contributed by atoms with Gasteiger partial charge in [-0.05, 0) is 27.2 Å². The lowest BCUT2D eigenvalue weighted by atomic mass is 10.2. The molecule has 0 atom stereocenters. The summed E-state index contributed by atoms with van der Waals surface area (Å²) < 4.78 is 49.4. The van der Waals surface area contributed by atoms with Crippen LogP contribution in [0.25, 0.3) is 0 Å². The van der Waals surface area contributed by atoms with Gasteiger partial charge in [-0.1, -0.05) is 11.8 Å². The molecule has 0 fully saturated rings. The molecule has 0 bridgehead atoms. The van der Waals surface area contributed by atoms with Crippen LogP contribution in [0.5, 0.6) is 0 Å². The zero-order valence-corrected chi connectivity index (χ0v) is 24.1. The zero-order chi connectivity index (χ0) is 29.0. The number of aromatic nitrogens is 2. The molecule has 1 aromatic heterocycles. The molecule has 12 nitrogen and oxygen atoms in total. The maximum Gasteiger partial charge on any atom is 0.308 e. The van der Waals surface area contributed by atoms with Crippen molar-refractivity contribution in [1.29, 1.82) is 0 Å². The van der Waals surface area contributed by atoms with Gasteiger partial charge in [0.1, 0.15) is 5.60 Å². The summed E-state index contributed by atoms with van der Waals surface area (Å²) in [6.07, 6.45) is 5.42. The molecule has 0 unspecified atom stereocenters. The van der Waals surface area contributed by atoms with Gasteiger partial charge in [-0.15, -0.1) is 0 Å². The zero-order valence-electron chi connectivity index (χ0n) is 23.3. The quantitative estimate of drug-likeness (QED) is 0.111. The molecule has 0 saturated carbocycles. The minimum atomic E-state index is -3.43. The van der Waals surface area contributed by atoms with Crippen molar-refractivity contribution in [2.75, 3.05) is 65.7 Å². The van der Waals surface area contributed by atoms with Gasteiger partial charge in [0.05, 0.1) is 64.8 Å². The summed E-state index contributed by atoms with van der Waals surface area (Å²) in [4.78, 5) is 30.9. The Morgan fingerprint density at radius 1 is 0.872 bits per heavy atom. The highest BCUT2D eigenvalue weighted by molar-refractivity contribution is 7.90. The predicted molar refractivity (Wildman–Crippen MR) is 143 cm³/mol. The minimum Gasteiger partial charge on any atom is -0.460 e. The molecule has 1 heterocycles. The lowest BCUT2D eigenvalue weighted by Crippen LogP contribution is -2.27. The van der Waals surface area contributed by atoms with E-state index in [2.05, 4.69) is 27.1 Å². The van der Waals surface area contributed by atoms with Crippen LogP contribution in [-0.4, -0.2) is 102 Å². The monoisotopic (exact) mass is 571 g/mol. The van der Waals surface area contributed by atoms with Gasteiger partial charge in [-0.25, -0.2) is 18.4 Å². The molecule has 0 radical (unpaired) electrons. The first-order valence-corrected chi connectivity index (χ1v) is 14.7. The number of nitrogens with one attached hydrogen (secondary N) is 1. The number of carbonyl (C=O) groups is 2. The van der Waals surface area contributed by atoms with Crippen molar-refractivity contribution in [1.82, 2.24) is 15.3 Å². The highest BCUT2D eigenvalue weighted by Gasteiger charge is 2.15. The van der Waals surface area contributed by atoms with Crippen molar-refractivity contribution >= 4 is 21.7 Å². The van der Waals surface area contributed by atoms with Crippen LogP contribution in [0.15, 0.2) is 17.6 Å². The lowest BCUT2D eigenvalue weighted by Gasteiger charge is -2.19. The Morgan fingerprint density at radius 2 is 1.41 bits per heavy atom. The summed E-state index contributed by atoms with van der Waals surface area (Å²) in [5, 5.41) is 2.54. The normalized spacial score (nSPS) is 11.5. The van der Waals surface area contributed by atoms with Gasteiger partial charge < -0.3 is 29.0 Å². The third-order valence-electron chi connectivity index (χ3n) is 4.45. The number of ether oxygens (including phenoxy) is 5. The van der Waals surface area contributed by atoms with E-state index in [9.17, 15) is 18.0 Å². The van der Waals surface area contributed by atoms with Crippen LogP contribution in [0.1, 0.15) is 52.0 Å². The van der Waals surface area contributed by atoms with Gasteiger partial charge in [-0.2, -0.15) is 0 Å². The van der Waals surface area contributed by atoms with Crippen LogP contribution in [0.2, 0.25) is 0 Å². The van der Waals surface area contributed by atoms with E-state index in [-0.39, 0.29) is 23.5 Å². The van der Waals surface area contributed by atoms with Crippen molar-refractivity contribution in [2.45, 2.75) is 57.2 Å². The lowest BCUT2D eigenvalue weighted by molar-refractivity contribution is -0.156. The molecule has 0 saturated heterocycles. The first-order chi connectivity index (χ1) is 18.5. The number of amides is 1. The minimum absolute atomic E-state index is 0.0801. The maximum atomic E-state index is 11.8. The standard InChI is InChI=1S/C26H41N3O9S/c1-26(2,3)38-24(31)10-12-34-14-16-36-18-19-37-17-15-35-13-11-27-23(30)9-7-5-6-8-22-20-28-25(29-21-22)39(4,32)33/h20-21H,5,7,9-19H2,1-4H3,(H,27,30). The van der Waals surface area contributed by atoms with Crippen LogP contribution >= 0.6 is 0 Å². The van der Waals surface area contributed by atoms with E-state index in [0.29, 0.717) is 84.2 Å². The highest BCUT2D eigenvalue weighted by atomic mass is 32.2. The Bertz CT molecular complexity index is 1010. The number of esters is 1. The van der Waals surface area contributed by atoms with E-state index in [0.717, 1.165) is 6.26 Å². The smallest absolute Gasteiger partial charge is 0.308 e. The number of rotatable bonds is 19. The summed E-state index contributed by atoms with van der Waals surface area (Å²) >= 11 is 0. The van der Waals surface area contributed by atoms with Gasteiger partial charge in [0.2, 0.25) is 20.9 Å². The molecule has 39 heavy (non-hydrogen) atoms. The van der Waals surface area contributed by atoms with Gasteiger partial charge in [0.25, 0.3) is 0 Å². The first-order valence-electron chi connectivity index (χ1n) is 12.8. The molecular weight excluding hydrogens is 530 g/mol. The van der Waals surface area contributed by atoms with Crippen molar-refractivity contribution in [3.05, 3.63) is 18.0 Å². The largest absolute Gasteiger partial charge is 0.460 e. The average Bonchev–Trinajstić information content (AvgIpc) is 2.85. The summed E-state index contributed by atoms with van der Waals surface area (Å²) in [6, 6.07) is 0. The van der Waals surface area contributed by atoms with Crippen molar-refractivity contribution in [3.8, 4) is 11.8 Å². The van der Waals surface area contributed by atoms with Crippen LogP contribution in [0, 0.1) is 11.8 Å². The Morgan fingerprint density at radius 3 is 1.95 bits per heavy atom. The second-order valence-corrected chi connectivity index (χ2v) is 11.2. The fourth-order valence-electron chi connectivity index (χ4n) is 2.73. The first kappa shape index (κ1) is 34.4. The Hall–Kier alpha value is -2.63. The third kappa shape index (κ3) is 20.0. The van der Waals surface area contributed by atoms with E-state index in [1.54, 1.807) is 0 Å². The van der Waals surface area contributed by atoms with Crippen LogP contribution in [0.3, 0.4) is 0 Å². The summed E-state index contributed by atoms with van der Waals surface area (Å²) in [5.41, 5.74) is 0.0254. The van der Waals surface area contributed by atoms with Crippen LogP contribution in [0.4, 0.5) is 0 Å². The van der Waals surface area contributed by atoms with E-state index in [4.69, 9.17) is 23.7 Å². The molecule has 0 aliphatic heterocycles. The fraction of sp³-hybridized carbons (Fsp3) is 0.692. The summed E-state index contributed by atoms with van der Waals surface area (Å²) in [6.45, 7) is 9.06. The Labute approximate surface area is 231 Å². The van der Waals surface area contributed by atoms with Crippen molar-refractivity contribution in [3.63, 3.8) is 0 Å². The summed E-state index contributed by atoms with van der Waals surface area (Å²) in [5.74, 6) is 5.40. The van der Waals surface area contributed by atoms with E-state index in [1.807, 2.05) is 20.8 Å². The van der Waals surface area contributed by atoms with E-state index < -0.39 is 15.4 Å². The van der Waals surface area contributed by atoms with Crippen molar-refractivity contribution in [2.24, 2.45) is 0 Å². The number of hydrogen-bond acceptors (Lipinski definition) is 11. The molecule has 0 aliphatic rings. The van der Waals surface area contributed by atoms with Gasteiger partial charge in [-0.3, -0.25) is 9.59 Å². The number of unbranched alkanes of at least 4 members (excludes halogenated alkanes) is 1. The second-order valence-electron chi connectivity index (χ2n) is 9.32. The number of carbonyl (C=O) groups excluding carboxylic acids is 2. The topological polar surface area (TPSA) is 152 Å². The molecule has 1 amide bonds. The fourth-order valence-corrected chi connectivity index (χ4v) is 3.22. The molecule has 13 heteroatoms. The second kappa shape index (κ2) is 19.4. The number of sulfone groups is 1. The molecule has 1 rings (SSSR count). The van der Waals surface area contributed by atoms with Gasteiger partial charge in [0.15, 0.2) is 0 Å². The summed E-state index contributed by atoms with van der Waals surface area (Å²) in [7, 11) is -3.43. The predicted octanol–water partition coefficient (Wildman–Crippen LogP) is 1.32. The van der Waals surface area contributed by atoms with Crippen molar-refractivity contribution < 1.29 is 41.7 Å². The Kier molecular flexibility index (Phi) is 17.1. The van der Waals surface area contributed by atoms with Gasteiger partial charge >= 0.3 is 5.97 Å². The maximum absolute atomic E-state index is 11.8. The molecule has 220 valence electrons. The molecule has 1 N–H and O–H groups in total. The SMILES string of the molecule is CC(C)(C)OC(=O)CCOCCOCCOCCOCCNC(=O)CCCC#Cc1cnc(S(C)(=O)=O)nc1. The Balaban J connectivity index is 1.88. The molecule has 0 spiro atoms. The molecular formula is C26H41N3O9S. The molecule has 1 aromatic rings. The van der Waals surface area contributed by atoms with Crippen LogP contribution in [-0.2, 0) is 43.1 Å². The molecule has 0 aliphatic carbocycles. The van der Waals surface area contributed by atoms with E-state index in [1.165, 1.54) is 12.4 Å². The van der Waals surface area contributed by atoms with Crippen LogP contribution < -0.4 is 5.32 Å². The number of nitrogens with zero attached hydrogens (tertiary/aromatic N) is 2.